The van der Waals surface area contributed by atoms with Crippen molar-refractivity contribution in [1.82, 2.24) is 19.9 Å². The summed E-state index contributed by atoms with van der Waals surface area (Å²) in [6.45, 7) is 2.02. The Kier molecular flexibility index (Phi) is 4.20. The van der Waals surface area contributed by atoms with Gasteiger partial charge in [-0.3, -0.25) is 4.98 Å². The van der Waals surface area contributed by atoms with Crippen LogP contribution < -0.4 is 4.90 Å². The van der Waals surface area contributed by atoms with Gasteiger partial charge in [0.25, 0.3) is 0 Å². The summed E-state index contributed by atoms with van der Waals surface area (Å²) in [5, 5.41) is 11.2. The molecule has 144 valence electrons. The zero-order valence-electron chi connectivity index (χ0n) is 15.7. The number of benzene rings is 2. The average Bonchev–Trinajstić information content (AvgIpc) is 2.78. The van der Waals surface area contributed by atoms with Crippen LogP contribution in [0.5, 0.6) is 0 Å². The highest BCUT2D eigenvalue weighted by atomic mass is 16.4. The second kappa shape index (κ2) is 7.01. The minimum Gasteiger partial charge on any atom is -0.465 e. The van der Waals surface area contributed by atoms with Crippen LogP contribution in [0.1, 0.15) is 0 Å². The van der Waals surface area contributed by atoms with Crippen molar-refractivity contribution in [1.29, 1.82) is 0 Å². The number of anilines is 1. The molecule has 4 aromatic rings. The zero-order valence-corrected chi connectivity index (χ0v) is 15.7. The molecule has 0 radical (unpaired) electrons. The molecule has 1 amide bonds. The molecule has 7 heteroatoms. The number of aromatic nitrogens is 3. The lowest BCUT2D eigenvalue weighted by Gasteiger charge is -2.33. The van der Waals surface area contributed by atoms with Crippen molar-refractivity contribution in [3.8, 4) is 11.3 Å². The van der Waals surface area contributed by atoms with Gasteiger partial charge in [-0.1, -0.05) is 36.4 Å². The molecule has 3 heterocycles. The molecule has 2 aromatic heterocycles. The van der Waals surface area contributed by atoms with Crippen molar-refractivity contribution in [3.63, 3.8) is 0 Å². The zero-order chi connectivity index (χ0) is 19.8. The van der Waals surface area contributed by atoms with Crippen LogP contribution in [0.4, 0.5) is 10.7 Å². The number of piperazine rings is 1. The lowest BCUT2D eigenvalue weighted by Crippen LogP contribution is -2.48. The van der Waals surface area contributed by atoms with E-state index in [1.165, 1.54) is 4.90 Å². The van der Waals surface area contributed by atoms with E-state index in [4.69, 9.17) is 9.97 Å². The molecule has 29 heavy (non-hydrogen) atoms. The first-order valence-electron chi connectivity index (χ1n) is 9.54. The molecule has 2 aromatic carbocycles. The highest BCUT2D eigenvalue weighted by Crippen LogP contribution is 2.29. The van der Waals surface area contributed by atoms with Gasteiger partial charge in [0, 0.05) is 48.7 Å². The smallest absolute Gasteiger partial charge is 0.407 e. The highest BCUT2D eigenvalue weighted by molar-refractivity contribution is 5.95. The number of hydrogen-bond donors (Lipinski definition) is 1. The maximum atomic E-state index is 11.2. The standard InChI is InChI=1S/C22H19N5O2/c28-22(29)27-11-9-26(10-12-27)21-24-19-8-4-2-6-17(19)20(25-21)16-13-15-5-1-3-7-18(15)23-14-16/h1-8,13-14H,9-12H2,(H,28,29). The molecule has 0 bridgehead atoms. The normalized spacial score (nSPS) is 14.5. The molecule has 1 fully saturated rings. The van der Waals surface area contributed by atoms with Crippen LogP contribution in [0.25, 0.3) is 33.1 Å². The molecule has 1 N–H and O–H groups in total. The van der Waals surface area contributed by atoms with Gasteiger partial charge in [-0.2, -0.15) is 0 Å². The van der Waals surface area contributed by atoms with E-state index in [0.717, 1.165) is 33.1 Å². The van der Waals surface area contributed by atoms with Gasteiger partial charge in [0.15, 0.2) is 0 Å². The number of carbonyl (C=O) groups is 1. The van der Waals surface area contributed by atoms with Gasteiger partial charge >= 0.3 is 6.09 Å². The van der Waals surface area contributed by atoms with Gasteiger partial charge < -0.3 is 14.9 Å². The maximum absolute atomic E-state index is 11.2. The Hall–Kier alpha value is -3.74. The molecule has 0 saturated carbocycles. The number of rotatable bonds is 2. The van der Waals surface area contributed by atoms with E-state index in [-0.39, 0.29) is 0 Å². The van der Waals surface area contributed by atoms with Crippen molar-refractivity contribution in [3.05, 3.63) is 60.8 Å². The van der Waals surface area contributed by atoms with Crippen molar-refractivity contribution >= 4 is 33.8 Å². The topological polar surface area (TPSA) is 82.5 Å². The fraction of sp³-hybridized carbons (Fsp3) is 0.182. The van der Waals surface area contributed by atoms with Gasteiger partial charge in [-0.25, -0.2) is 14.8 Å². The Morgan fingerprint density at radius 2 is 1.62 bits per heavy atom. The summed E-state index contributed by atoms with van der Waals surface area (Å²) in [4.78, 5) is 28.9. The lowest BCUT2D eigenvalue weighted by atomic mass is 10.1. The quantitative estimate of drug-likeness (QED) is 0.567. The molecule has 0 unspecified atom stereocenters. The summed E-state index contributed by atoms with van der Waals surface area (Å²) < 4.78 is 0. The lowest BCUT2D eigenvalue weighted by molar-refractivity contribution is 0.142. The number of hydrogen-bond acceptors (Lipinski definition) is 5. The van der Waals surface area contributed by atoms with Crippen LogP contribution in [0, 0.1) is 0 Å². The number of amides is 1. The first-order chi connectivity index (χ1) is 14.2. The van der Waals surface area contributed by atoms with Crippen molar-refractivity contribution in [2.24, 2.45) is 0 Å². The summed E-state index contributed by atoms with van der Waals surface area (Å²) in [5.41, 5.74) is 3.58. The van der Waals surface area contributed by atoms with E-state index >= 15 is 0 Å². The minimum atomic E-state index is -0.882. The van der Waals surface area contributed by atoms with Gasteiger partial charge in [0.2, 0.25) is 5.95 Å². The first kappa shape index (κ1) is 17.4. The van der Waals surface area contributed by atoms with Crippen LogP contribution >= 0.6 is 0 Å². The summed E-state index contributed by atoms with van der Waals surface area (Å²) in [5.74, 6) is 0.622. The van der Waals surface area contributed by atoms with Crippen molar-refractivity contribution in [2.75, 3.05) is 31.1 Å². The molecule has 1 saturated heterocycles. The Bertz CT molecular complexity index is 1220. The predicted octanol–water partition coefficient (Wildman–Crippen LogP) is 3.65. The third-order valence-corrected chi connectivity index (χ3v) is 5.29. The van der Waals surface area contributed by atoms with Crippen LogP contribution in [0.15, 0.2) is 60.8 Å². The number of pyridine rings is 1. The molecule has 0 spiro atoms. The van der Waals surface area contributed by atoms with Gasteiger partial charge in [0.1, 0.15) is 0 Å². The molecule has 1 aliphatic heterocycles. The average molecular weight is 385 g/mol. The summed E-state index contributed by atoms with van der Waals surface area (Å²) in [6, 6.07) is 18.1. The van der Waals surface area contributed by atoms with Crippen LogP contribution in [-0.4, -0.2) is 57.2 Å². The van der Waals surface area contributed by atoms with Crippen molar-refractivity contribution < 1.29 is 9.90 Å². The summed E-state index contributed by atoms with van der Waals surface area (Å²) in [6.07, 6.45) is 0.968. The second-order valence-corrected chi connectivity index (χ2v) is 7.06. The highest BCUT2D eigenvalue weighted by Gasteiger charge is 2.23. The summed E-state index contributed by atoms with van der Waals surface area (Å²) >= 11 is 0. The fourth-order valence-electron chi connectivity index (χ4n) is 3.72. The monoisotopic (exact) mass is 385 g/mol. The Morgan fingerprint density at radius 3 is 2.41 bits per heavy atom. The van der Waals surface area contributed by atoms with E-state index in [2.05, 4.69) is 11.1 Å². The predicted molar refractivity (Wildman–Crippen MR) is 112 cm³/mol. The Morgan fingerprint density at radius 1 is 0.897 bits per heavy atom. The molecule has 5 rings (SSSR count). The summed E-state index contributed by atoms with van der Waals surface area (Å²) in [7, 11) is 0. The van der Waals surface area contributed by atoms with Crippen molar-refractivity contribution in [2.45, 2.75) is 0 Å². The fourth-order valence-corrected chi connectivity index (χ4v) is 3.72. The first-order valence-corrected chi connectivity index (χ1v) is 9.54. The van der Waals surface area contributed by atoms with E-state index in [9.17, 15) is 9.90 Å². The minimum absolute atomic E-state index is 0.443. The van der Waals surface area contributed by atoms with E-state index < -0.39 is 6.09 Å². The Balaban J connectivity index is 1.60. The molecule has 1 aliphatic rings. The molecular formula is C22H19N5O2. The number of para-hydroxylation sites is 2. The largest absolute Gasteiger partial charge is 0.465 e. The van der Waals surface area contributed by atoms with Gasteiger partial charge in [-0.05, 0) is 18.2 Å². The van der Waals surface area contributed by atoms with E-state index in [1.54, 1.807) is 0 Å². The van der Waals surface area contributed by atoms with Crippen LogP contribution in [0.2, 0.25) is 0 Å². The number of fused-ring (bicyclic) bond motifs is 2. The molecule has 0 atom stereocenters. The molecular weight excluding hydrogens is 366 g/mol. The maximum Gasteiger partial charge on any atom is 0.407 e. The number of carboxylic acid groups (broad SMARTS) is 1. The van der Waals surface area contributed by atoms with Crippen LogP contribution in [-0.2, 0) is 0 Å². The third-order valence-electron chi connectivity index (χ3n) is 5.29. The third kappa shape index (κ3) is 3.20. The van der Waals surface area contributed by atoms with Gasteiger partial charge in [-0.15, -0.1) is 0 Å². The van der Waals surface area contributed by atoms with E-state index in [0.29, 0.717) is 32.1 Å². The molecule has 7 nitrogen and oxygen atoms in total. The SMILES string of the molecule is O=C(O)N1CCN(c2nc(-c3cnc4ccccc4c3)c3ccccc3n2)CC1. The van der Waals surface area contributed by atoms with Crippen LogP contribution in [0.3, 0.4) is 0 Å². The van der Waals surface area contributed by atoms with Gasteiger partial charge in [0.05, 0.1) is 16.7 Å². The molecule has 0 aliphatic carbocycles. The second-order valence-electron chi connectivity index (χ2n) is 7.06. The Labute approximate surface area is 167 Å². The van der Waals surface area contributed by atoms with E-state index in [1.807, 2.05) is 59.6 Å². The number of nitrogens with zero attached hydrogens (tertiary/aromatic N) is 5.